The van der Waals surface area contributed by atoms with Gasteiger partial charge in [-0.1, -0.05) is 60.7 Å². The smallest absolute Gasteiger partial charge is 0.267 e. The fourth-order valence-corrected chi connectivity index (χ4v) is 6.65. The Balaban J connectivity index is 1.26. The van der Waals surface area contributed by atoms with E-state index in [1.165, 1.54) is 22.7 Å². The molecule has 2 amide bonds. The van der Waals surface area contributed by atoms with E-state index in [2.05, 4.69) is 10.6 Å². The summed E-state index contributed by atoms with van der Waals surface area (Å²) in [5, 5.41) is 10.6. The van der Waals surface area contributed by atoms with Crippen molar-refractivity contribution in [3.63, 3.8) is 0 Å². The van der Waals surface area contributed by atoms with Crippen LogP contribution in [0.3, 0.4) is 0 Å². The summed E-state index contributed by atoms with van der Waals surface area (Å²) in [6.45, 7) is 0. The van der Waals surface area contributed by atoms with Crippen molar-refractivity contribution in [1.29, 1.82) is 0 Å². The lowest BCUT2D eigenvalue weighted by atomic mass is 10.1. The average Bonchev–Trinajstić information content (AvgIpc) is 3.40. The van der Waals surface area contributed by atoms with E-state index in [1.807, 2.05) is 84.9 Å². The first-order chi connectivity index (χ1) is 17.5. The van der Waals surface area contributed by atoms with Gasteiger partial charge < -0.3 is 22.1 Å². The second-order valence-electron chi connectivity index (χ2n) is 8.38. The zero-order chi connectivity index (χ0) is 24.8. The lowest BCUT2D eigenvalue weighted by Gasteiger charge is -2.07. The van der Waals surface area contributed by atoms with E-state index in [1.54, 1.807) is 0 Å². The molecule has 2 heterocycles. The van der Waals surface area contributed by atoms with Crippen LogP contribution in [0.15, 0.2) is 84.9 Å². The van der Waals surface area contributed by atoms with Crippen molar-refractivity contribution in [3.05, 3.63) is 94.7 Å². The molecule has 6 N–H and O–H groups in total. The zero-order valence-electron chi connectivity index (χ0n) is 18.9. The van der Waals surface area contributed by atoms with Crippen molar-refractivity contribution < 1.29 is 9.59 Å². The van der Waals surface area contributed by atoms with Crippen molar-refractivity contribution >= 4 is 88.2 Å². The van der Waals surface area contributed by atoms with Gasteiger partial charge in [-0.2, -0.15) is 0 Å². The molecular weight excluding hydrogens is 488 g/mol. The van der Waals surface area contributed by atoms with Gasteiger partial charge in [-0.05, 0) is 45.8 Å². The minimum atomic E-state index is -0.308. The number of carbonyl (C=O) groups is 2. The molecule has 4 aromatic carbocycles. The molecule has 176 valence electrons. The molecule has 2 aromatic heterocycles. The second-order valence-corrected chi connectivity index (χ2v) is 10.7. The molecule has 0 aliphatic heterocycles. The first-order valence-electron chi connectivity index (χ1n) is 11.2. The molecule has 8 heteroatoms. The van der Waals surface area contributed by atoms with Crippen LogP contribution in [-0.4, -0.2) is 11.8 Å². The van der Waals surface area contributed by atoms with Gasteiger partial charge in [-0.15, -0.1) is 22.7 Å². The van der Waals surface area contributed by atoms with Crippen LogP contribution >= 0.6 is 22.7 Å². The number of hydrogen-bond acceptors (Lipinski definition) is 6. The van der Waals surface area contributed by atoms with Gasteiger partial charge in [0.15, 0.2) is 0 Å². The first-order valence-corrected chi connectivity index (χ1v) is 12.8. The number of nitrogens with one attached hydrogen (secondary N) is 2. The van der Waals surface area contributed by atoms with Crippen molar-refractivity contribution in [2.45, 2.75) is 0 Å². The molecular formula is C28H20N4O2S2. The highest BCUT2D eigenvalue weighted by Gasteiger charge is 2.25. The van der Waals surface area contributed by atoms with Crippen LogP contribution in [-0.2, 0) is 0 Å². The van der Waals surface area contributed by atoms with Gasteiger partial charge in [-0.3, -0.25) is 9.59 Å². The number of carbonyl (C=O) groups excluding carboxylic acids is 2. The van der Waals surface area contributed by atoms with Crippen LogP contribution in [0.1, 0.15) is 19.3 Å². The fourth-order valence-electron chi connectivity index (χ4n) is 4.26. The summed E-state index contributed by atoms with van der Waals surface area (Å²) in [6, 6.07) is 27.3. The molecule has 0 saturated heterocycles. The summed E-state index contributed by atoms with van der Waals surface area (Å²) in [5.74, 6) is -0.615. The Labute approximate surface area is 214 Å². The number of anilines is 4. The quantitative estimate of drug-likeness (QED) is 0.207. The number of nitrogens with two attached hydrogens (primary N) is 2. The van der Waals surface area contributed by atoms with Gasteiger partial charge >= 0.3 is 0 Å². The van der Waals surface area contributed by atoms with E-state index < -0.39 is 0 Å². The summed E-state index contributed by atoms with van der Waals surface area (Å²) in [6.07, 6.45) is 0. The topological polar surface area (TPSA) is 110 Å². The Hall–Kier alpha value is -4.40. The van der Waals surface area contributed by atoms with Crippen LogP contribution in [0.4, 0.5) is 22.7 Å². The van der Waals surface area contributed by atoms with Gasteiger partial charge in [0, 0.05) is 11.4 Å². The largest absolute Gasteiger partial charge is 0.397 e. The van der Waals surface area contributed by atoms with Gasteiger partial charge in [0.2, 0.25) is 0 Å². The normalized spacial score (nSPS) is 11.2. The number of benzene rings is 4. The van der Waals surface area contributed by atoms with E-state index >= 15 is 0 Å². The standard InChI is InChI=1S/C28H20N4O2S2/c29-22-21-23(30)25(27(34)32-20-12-10-16-6-2-4-8-18(16)14-20)36-28(21)35-24(22)26(33)31-19-11-9-15-5-1-3-7-17(15)13-19/h1-14H,29-30H2,(H,31,33)(H,32,34). The Bertz CT molecular complexity index is 1690. The third-order valence-corrected chi connectivity index (χ3v) is 8.55. The van der Waals surface area contributed by atoms with E-state index in [0.717, 1.165) is 25.6 Å². The van der Waals surface area contributed by atoms with E-state index in [4.69, 9.17) is 11.5 Å². The molecule has 0 aliphatic rings. The molecule has 0 bridgehead atoms. The summed E-state index contributed by atoms with van der Waals surface area (Å²) >= 11 is 2.47. The molecule has 0 fully saturated rings. The Morgan fingerprint density at radius 2 is 1.00 bits per heavy atom. The average molecular weight is 509 g/mol. The number of amides is 2. The minimum absolute atomic E-state index is 0.284. The zero-order valence-corrected chi connectivity index (χ0v) is 20.5. The third-order valence-electron chi connectivity index (χ3n) is 6.05. The predicted molar refractivity (Wildman–Crippen MR) is 152 cm³/mol. The Morgan fingerprint density at radius 1 is 0.583 bits per heavy atom. The van der Waals surface area contributed by atoms with Crippen LogP contribution < -0.4 is 22.1 Å². The van der Waals surface area contributed by atoms with Crippen LogP contribution in [0.2, 0.25) is 0 Å². The molecule has 0 spiro atoms. The molecule has 0 atom stereocenters. The molecule has 6 nitrogen and oxygen atoms in total. The lowest BCUT2D eigenvalue weighted by Crippen LogP contribution is -2.13. The lowest BCUT2D eigenvalue weighted by molar-refractivity contribution is 0.102. The molecule has 0 saturated carbocycles. The molecule has 36 heavy (non-hydrogen) atoms. The van der Waals surface area contributed by atoms with Crippen molar-refractivity contribution in [2.24, 2.45) is 0 Å². The van der Waals surface area contributed by atoms with Gasteiger partial charge in [0.1, 0.15) is 9.75 Å². The monoisotopic (exact) mass is 508 g/mol. The molecule has 0 unspecified atom stereocenters. The second kappa shape index (κ2) is 8.67. The van der Waals surface area contributed by atoms with Gasteiger partial charge in [0.05, 0.1) is 20.8 Å². The van der Waals surface area contributed by atoms with Crippen molar-refractivity contribution in [1.82, 2.24) is 0 Å². The SMILES string of the molecule is Nc1c(C(=O)Nc2ccc3ccccc3c2)sc2sc(C(=O)Nc3ccc4ccccc4c3)c(N)c12. The number of fused-ring (bicyclic) bond motifs is 3. The van der Waals surface area contributed by atoms with Gasteiger partial charge in [-0.25, -0.2) is 0 Å². The fraction of sp³-hybridized carbons (Fsp3) is 0. The third kappa shape index (κ3) is 3.82. The van der Waals surface area contributed by atoms with Crippen molar-refractivity contribution in [2.75, 3.05) is 22.1 Å². The number of rotatable bonds is 4. The van der Waals surface area contributed by atoms with Crippen LogP contribution in [0.5, 0.6) is 0 Å². The maximum atomic E-state index is 13.0. The maximum absolute atomic E-state index is 13.0. The first kappa shape index (κ1) is 22.1. The van der Waals surface area contributed by atoms with Crippen LogP contribution in [0, 0.1) is 0 Å². The summed E-state index contributed by atoms with van der Waals surface area (Å²) in [5.41, 5.74) is 14.6. The Morgan fingerprint density at radius 3 is 1.42 bits per heavy atom. The molecule has 6 aromatic rings. The number of hydrogen-bond donors (Lipinski definition) is 4. The Kier molecular flexibility index (Phi) is 5.32. The van der Waals surface area contributed by atoms with Crippen molar-refractivity contribution in [3.8, 4) is 0 Å². The maximum Gasteiger partial charge on any atom is 0.267 e. The number of nitrogen functional groups attached to an aromatic ring is 2. The van der Waals surface area contributed by atoms with Crippen LogP contribution in [0.25, 0.3) is 30.9 Å². The molecule has 0 aliphatic carbocycles. The highest BCUT2D eigenvalue weighted by Crippen LogP contribution is 2.45. The summed E-state index contributed by atoms with van der Waals surface area (Å²) in [7, 11) is 0. The highest BCUT2D eigenvalue weighted by atomic mass is 32.2. The van der Waals surface area contributed by atoms with E-state index in [0.29, 0.717) is 26.5 Å². The predicted octanol–water partition coefficient (Wildman–Crippen LogP) is 6.94. The van der Waals surface area contributed by atoms with E-state index in [-0.39, 0.29) is 23.2 Å². The summed E-state index contributed by atoms with van der Waals surface area (Å²) in [4.78, 5) is 26.8. The van der Waals surface area contributed by atoms with E-state index in [9.17, 15) is 9.59 Å². The number of thiophene rings is 2. The molecule has 0 radical (unpaired) electrons. The molecule has 6 rings (SSSR count). The minimum Gasteiger partial charge on any atom is -0.397 e. The summed E-state index contributed by atoms with van der Waals surface area (Å²) < 4.78 is 0.734. The highest BCUT2D eigenvalue weighted by molar-refractivity contribution is 7.40. The van der Waals surface area contributed by atoms with Gasteiger partial charge in [0.25, 0.3) is 11.8 Å².